The number of aliphatic imine (C=N–C) groups is 1. The highest BCUT2D eigenvalue weighted by Gasteiger charge is 2.24. The van der Waals surface area contributed by atoms with E-state index in [2.05, 4.69) is 28.1 Å². The smallest absolute Gasteiger partial charge is 0.254 e. The van der Waals surface area contributed by atoms with Crippen molar-refractivity contribution < 1.29 is 4.79 Å². The number of benzene rings is 2. The number of hydrogen-bond acceptors (Lipinski definition) is 5. The van der Waals surface area contributed by atoms with E-state index in [1.807, 2.05) is 47.0 Å². The molecule has 29 heavy (non-hydrogen) atoms. The summed E-state index contributed by atoms with van der Waals surface area (Å²) in [7, 11) is 0. The Labute approximate surface area is 185 Å². The van der Waals surface area contributed by atoms with Crippen LogP contribution in [0.4, 0.5) is 0 Å². The van der Waals surface area contributed by atoms with E-state index in [1.54, 1.807) is 11.8 Å². The maximum atomic E-state index is 13.2. The van der Waals surface area contributed by atoms with Crippen LogP contribution in [0.1, 0.15) is 21.5 Å². The quantitative estimate of drug-likeness (QED) is 0.672. The number of halogens is 1. The molecular formula is C22H24ClN3OS2. The average molecular weight is 446 g/mol. The lowest BCUT2D eigenvalue weighted by Crippen LogP contribution is -2.48. The van der Waals surface area contributed by atoms with Crippen molar-refractivity contribution in [3.8, 4) is 0 Å². The summed E-state index contributed by atoms with van der Waals surface area (Å²) >= 11 is 9.52. The van der Waals surface area contributed by atoms with Crippen molar-refractivity contribution in [2.24, 2.45) is 4.99 Å². The SMILES string of the molecule is O=C(c1ccccc1CSC1=NCCS1)N1CCN(Cc2ccc(Cl)cc2)CC1. The molecule has 2 aliphatic rings. The third-order valence-corrected chi connectivity index (χ3v) is 7.69. The first-order chi connectivity index (χ1) is 14.2. The molecule has 0 spiro atoms. The molecule has 0 aliphatic carbocycles. The Bertz CT molecular complexity index is 880. The largest absolute Gasteiger partial charge is 0.336 e. The van der Waals surface area contributed by atoms with Gasteiger partial charge in [0.1, 0.15) is 4.38 Å². The predicted molar refractivity (Wildman–Crippen MR) is 125 cm³/mol. The zero-order chi connectivity index (χ0) is 20.1. The molecule has 4 nitrogen and oxygen atoms in total. The first-order valence-corrected chi connectivity index (χ1v) is 12.2. The first-order valence-electron chi connectivity index (χ1n) is 9.83. The van der Waals surface area contributed by atoms with Gasteiger partial charge in [-0.05, 0) is 29.3 Å². The summed E-state index contributed by atoms with van der Waals surface area (Å²) in [6.07, 6.45) is 0. The molecule has 1 amide bonds. The van der Waals surface area contributed by atoms with E-state index in [0.717, 1.165) is 71.3 Å². The van der Waals surface area contributed by atoms with E-state index >= 15 is 0 Å². The second kappa shape index (κ2) is 10.0. The van der Waals surface area contributed by atoms with Gasteiger partial charge in [-0.3, -0.25) is 14.7 Å². The Hall–Kier alpha value is -1.47. The molecule has 0 bridgehead atoms. The van der Waals surface area contributed by atoms with Crippen molar-refractivity contribution in [1.29, 1.82) is 0 Å². The van der Waals surface area contributed by atoms with Gasteiger partial charge in [0.15, 0.2) is 0 Å². The van der Waals surface area contributed by atoms with Crippen LogP contribution in [0.3, 0.4) is 0 Å². The van der Waals surface area contributed by atoms with Gasteiger partial charge in [-0.25, -0.2) is 0 Å². The normalized spacial score (nSPS) is 17.4. The second-order valence-corrected chi connectivity index (χ2v) is 9.88. The van der Waals surface area contributed by atoms with E-state index in [4.69, 9.17) is 11.6 Å². The molecule has 2 aromatic carbocycles. The van der Waals surface area contributed by atoms with E-state index in [0.29, 0.717) is 0 Å². The summed E-state index contributed by atoms with van der Waals surface area (Å²) in [5, 5.41) is 0.764. The minimum Gasteiger partial charge on any atom is -0.336 e. The molecule has 1 saturated heterocycles. The van der Waals surface area contributed by atoms with E-state index < -0.39 is 0 Å². The molecule has 1 fully saturated rings. The molecule has 0 aromatic heterocycles. The minimum absolute atomic E-state index is 0.147. The predicted octanol–water partition coefficient (Wildman–Crippen LogP) is 4.63. The lowest BCUT2D eigenvalue weighted by atomic mass is 10.1. The van der Waals surface area contributed by atoms with E-state index in [-0.39, 0.29) is 5.91 Å². The topological polar surface area (TPSA) is 35.9 Å². The van der Waals surface area contributed by atoms with Gasteiger partial charge in [0.2, 0.25) is 0 Å². The standard InChI is InChI=1S/C22H24ClN3OS2/c23-19-7-5-17(6-8-19)15-25-10-12-26(13-11-25)21(27)20-4-2-1-3-18(20)16-29-22-24-9-14-28-22/h1-8H,9-16H2. The van der Waals surface area contributed by atoms with Crippen molar-refractivity contribution in [2.45, 2.75) is 12.3 Å². The molecule has 7 heteroatoms. The molecule has 0 unspecified atom stereocenters. The second-order valence-electron chi connectivity index (χ2n) is 7.14. The molecule has 4 rings (SSSR count). The lowest BCUT2D eigenvalue weighted by Gasteiger charge is -2.35. The molecule has 0 atom stereocenters. The van der Waals surface area contributed by atoms with Crippen molar-refractivity contribution in [3.05, 3.63) is 70.2 Å². The number of carbonyl (C=O) groups is 1. The monoisotopic (exact) mass is 445 g/mol. The van der Waals surface area contributed by atoms with Crippen molar-refractivity contribution >= 4 is 45.4 Å². The van der Waals surface area contributed by atoms with Crippen LogP contribution in [0.2, 0.25) is 5.02 Å². The summed E-state index contributed by atoms with van der Waals surface area (Å²) in [6, 6.07) is 16.0. The Morgan fingerprint density at radius 2 is 1.83 bits per heavy atom. The highest BCUT2D eigenvalue weighted by atomic mass is 35.5. The third-order valence-electron chi connectivity index (χ3n) is 5.14. The maximum Gasteiger partial charge on any atom is 0.254 e. The third kappa shape index (κ3) is 5.57. The molecule has 2 aliphatic heterocycles. The van der Waals surface area contributed by atoms with Gasteiger partial charge < -0.3 is 4.90 Å². The molecular weight excluding hydrogens is 422 g/mol. The molecule has 0 saturated carbocycles. The van der Waals surface area contributed by atoms with Crippen molar-refractivity contribution in [1.82, 2.24) is 9.80 Å². The minimum atomic E-state index is 0.147. The van der Waals surface area contributed by atoms with E-state index in [1.165, 1.54) is 5.56 Å². The maximum absolute atomic E-state index is 13.2. The fraction of sp³-hybridized carbons (Fsp3) is 0.364. The fourth-order valence-electron chi connectivity index (χ4n) is 3.52. The van der Waals surface area contributed by atoms with Crippen molar-refractivity contribution in [3.63, 3.8) is 0 Å². The summed E-state index contributed by atoms with van der Waals surface area (Å²) < 4.78 is 1.14. The van der Waals surface area contributed by atoms with Gasteiger partial charge in [0, 0.05) is 54.8 Å². The Balaban J connectivity index is 1.34. The van der Waals surface area contributed by atoms with Crippen LogP contribution in [0.15, 0.2) is 53.5 Å². The van der Waals surface area contributed by atoms with Crippen LogP contribution < -0.4 is 0 Å². The van der Waals surface area contributed by atoms with Crippen LogP contribution >= 0.6 is 35.1 Å². The number of carbonyl (C=O) groups excluding carboxylic acids is 1. The highest BCUT2D eigenvalue weighted by molar-refractivity contribution is 8.38. The van der Waals surface area contributed by atoms with E-state index in [9.17, 15) is 4.79 Å². The summed E-state index contributed by atoms with van der Waals surface area (Å²) in [6.45, 7) is 5.10. The highest BCUT2D eigenvalue weighted by Crippen LogP contribution is 2.27. The lowest BCUT2D eigenvalue weighted by molar-refractivity contribution is 0.0627. The number of rotatable bonds is 5. The molecule has 0 N–H and O–H groups in total. The van der Waals surface area contributed by atoms with Gasteiger partial charge in [-0.1, -0.05) is 65.5 Å². The Morgan fingerprint density at radius 1 is 1.07 bits per heavy atom. The number of hydrogen-bond donors (Lipinski definition) is 0. The van der Waals surface area contributed by atoms with Gasteiger partial charge in [0.05, 0.1) is 6.54 Å². The van der Waals surface area contributed by atoms with Crippen LogP contribution in [-0.2, 0) is 12.3 Å². The van der Waals surface area contributed by atoms with Crippen molar-refractivity contribution in [2.75, 3.05) is 38.5 Å². The number of thioether (sulfide) groups is 2. The molecule has 2 aromatic rings. The van der Waals surface area contributed by atoms with Crippen LogP contribution in [-0.4, -0.2) is 58.6 Å². The summed E-state index contributed by atoms with van der Waals surface area (Å²) in [5.41, 5.74) is 3.18. The Morgan fingerprint density at radius 3 is 2.55 bits per heavy atom. The fourth-order valence-corrected chi connectivity index (χ4v) is 5.66. The van der Waals surface area contributed by atoms with Gasteiger partial charge in [-0.15, -0.1) is 0 Å². The summed E-state index contributed by atoms with van der Waals surface area (Å²) in [4.78, 5) is 22.0. The van der Waals surface area contributed by atoms with Crippen LogP contribution in [0.5, 0.6) is 0 Å². The number of piperazine rings is 1. The summed E-state index contributed by atoms with van der Waals surface area (Å²) in [5.74, 6) is 2.02. The number of amides is 1. The van der Waals surface area contributed by atoms with Gasteiger partial charge >= 0.3 is 0 Å². The average Bonchev–Trinajstić information content (AvgIpc) is 3.28. The number of nitrogens with zero attached hydrogens (tertiary/aromatic N) is 3. The molecule has 2 heterocycles. The molecule has 152 valence electrons. The van der Waals surface area contributed by atoms with Crippen LogP contribution in [0.25, 0.3) is 0 Å². The Kier molecular flexibility index (Phi) is 7.19. The zero-order valence-electron chi connectivity index (χ0n) is 16.2. The zero-order valence-corrected chi connectivity index (χ0v) is 18.6. The van der Waals surface area contributed by atoms with Crippen LogP contribution in [0, 0.1) is 0 Å². The molecule has 0 radical (unpaired) electrons. The van der Waals surface area contributed by atoms with Gasteiger partial charge in [-0.2, -0.15) is 0 Å². The van der Waals surface area contributed by atoms with Gasteiger partial charge in [0.25, 0.3) is 5.91 Å². The first kappa shape index (κ1) is 20.8.